The van der Waals surface area contributed by atoms with E-state index in [-0.39, 0.29) is 12.1 Å². The largest absolute Gasteiger partial charge is 0.366 e. The highest BCUT2D eigenvalue weighted by atomic mass is 32.1. The Kier molecular flexibility index (Phi) is 9.60. The molecular weight excluding hydrogens is 514 g/mol. The van der Waals surface area contributed by atoms with Gasteiger partial charge in [-0.3, -0.25) is 14.6 Å². The summed E-state index contributed by atoms with van der Waals surface area (Å²) in [6.07, 6.45) is 8.38. The standard InChI is InChI=1S/C28H37N7O3S/c1-18(34-10-7-23(8-11-34)35(28(37)33-38-4)15-21-9-12-39-16-21)5-6-24-19(2)25(27(29)36)20(3)32-26(24)22-13-30-17-31-14-22/h9,12-14,16-18,23H,5-8,10-11,15H2,1-4H3,(H2,29,36)(H,33,37)/t18-/m1/s1. The quantitative estimate of drug-likeness (QED) is 0.366. The van der Waals surface area contributed by atoms with E-state index in [4.69, 9.17) is 15.6 Å². The fraction of sp³-hybridized carbons (Fsp3) is 0.464. The maximum absolute atomic E-state index is 12.8. The number of hydrogen-bond donors (Lipinski definition) is 2. The lowest BCUT2D eigenvalue weighted by Crippen LogP contribution is -2.51. The summed E-state index contributed by atoms with van der Waals surface area (Å²) in [4.78, 5) is 47.3. The van der Waals surface area contributed by atoms with Gasteiger partial charge in [-0.1, -0.05) is 0 Å². The first kappa shape index (κ1) is 28.6. The number of piperidine rings is 1. The Morgan fingerprint density at radius 3 is 2.59 bits per heavy atom. The number of amides is 3. The SMILES string of the molecule is CONC(=O)N(Cc1ccsc1)C1CCN([C@H](C)CCc2c(-c3cncnc3)nc(C)c(C(N)=O)c2C)CC1. The number of aromatic nitrogens is 3. The number of hydrogen-bond acceptors (Lipinski definition) is 8. The fourth-order valence-electron chi connectivity index (χ4n) is 5.49. The molecule has 1 aliphatic rings. The first-order valence-corrected chi connectivity index (χ1v) is 14.1. The van der Waals surface area contributed by atoms with Crippen molar-refractivity contribution < 1.29 is 14.4 Å². The van der Waals surface area contributed by atoms with Crippen LogP contribution in [0, 0.1) is 13.8 Å². The van der Waals surface area contributed by atoms with E-state index in [0.29, 0.717) is 23.8 Å². The molecule has 3 N–H and O–H groups in total. The van der Waals surface area contributed by atoms with Gasteiger partial charge in [-0.05, 0) is 80.0 Å². The van der Waals surface area contributed by atoms with E-state index in [2.05, 4.69) is 38.7 Å². The van der Waals surface area contributed by atoms with Gasteiger partial charge >= 0.3 is 6.03 Å². The minimum atomic E-state index is -0.464. The molecular formula is C28H37N7O3S. The number of urea groups is 1. The summed E-state index contributed by atoms with van der Waals surface area (Å²) in [5.41, 5.74) is 13.9. The van der Waals surface area contributed by atoms with Crippen LogP contribution in [-0.4, -0.2) is 69.0 Å². The summed E-state index contributed by atoms with van der Waals surface area (Å²) < 4.78 is 0. The Hall–Kier alpha value is -3.41. The zero-order chi connectivity index (χ0) is 27.9. The van der Waals surface area contributed by atoms with Crippen molar-refractivity contribution in [1.29, 1.82) is 0 Å². The third-order valence-corrected chi connectivity index (χ3v) is 8.33. The average molecular weight is 552 g/mol. The maximum atomic E-state index is 12.8. The first-order valence-electron chi connectivity index (χ1n) is 13.2. The average Bonchev–Trinajstić information content (AvgIpc) is 3.45. The minimum absolute atomic E-state index is 0.134. The molecule has 11 heteroatoms. The van der Waals surface area contributed by atoms with Crippen LogP contribution in [0.3, 0.4) is 0 Å². The van der Waals surface area contributed by atoms with E-state index < -0.39 is 5.91 Å². The summed E-state index contributed by atoms with van der Waals surface area (Å²) in [6, 6.07) is 2.29. The lowest BCUT2D eigenvalue weighted by molar-refractivity contribution is 0.0566. The van der Waals surface area contributed by atoms with Crippen molar-refractivity contribution in [2.75, 3.05) is 20.2 Å². The number of likely N-dealkylation sites (tertiary alicyclic amines) is 1. The number of hydroxylamine groups is 1. The highest BCUT2D eigenvalue weighted by Crippen LogP contribution is 2.30. The van der Waals surface area contributed by atoms with E-state index in [9.17, 15) is 9.59 Å². The molecule has 10 nitrogen and oxygen atoms in total. The molecule has 1 aliphatic heterocycles. The highest BCUT2D eigenvalue weighted by Gasteiger charge is 2.30. The molecule has 208 valence electrons. The van der Waals surface area contributed by atoms with Crippen molar-refractivity contribution in [2.45, 2.75) is 65.1 Å². The van der Waals surface area contributed by atoms with Crippen molar-refractivity contribution in [3.8, 4) is 11.3 Å². The van der Waals surface area contributed by atoms with Gasteiger partial charge in [-0.2, -0.15) is 11.3 Å². The van der Waals surface area contributed by atoms with Crippen LogP contribution >= 0.6 is 11.3 Å². The van der Waals surface area contributed by atoms with Crippen molar-refractivity contribution in [3.05, 3.63) is 63.5 Å². The van der Waals surface area contributed by atoms with Gasteiger partial charge < -0.3 is 15.5 Å². The molecule has 1 fully saturated rings. The number of pyridine rings is 1. The van der Waals surface area contributed by atoms with E-state index in [1.54, 1.807) is 23.7 Å². The molecule has 0 saturated carbocycles. The van der Waals surface area contributed by atoms with Crippen LogP contribution in [0.15, 0.2) is 35.5 Å². The second-order valence-corrected chi connectivity index (χ2v) is 10.8. The zero-order valence-electron chi connectivity index (χ0n) is 23.0. The molecule has 3 aromatic rings. The van der Waals surface area contributed by atoms with Gasteiger partial charge in [0.2, 0.25) is 0 Å². The molecule has 4 rings (SSSR count). The van der Waals surface area contributed by atoms with Gasteiger partial charge in [0.05, 0.1) is 24.1 Å². The smallest absolute Gasteiger partial charge is 0.341 e. The van der Waals surface area contributed by atoms with Crippen molar-refractivity contribution in [2.24, 2.45) is 5.73 Å². The van der Waals surface area contributed by atoms with Crippen LogP contribution in [-0.2, 0) is 17.8 Å². The lowest BCUT2D eigenvalue weighted by Gasteiger charge is -2.40. The van der Waals surface area contributed by atoms with Gasteiger partial charge in [0, 0.05) is 49.7 Å². The number of nitrogens with zero attached hydrogens (tertiary/aromatic N) is 5. The van der Waals surface area contributed by atoms with Gasteiger partial charge in [0.15, 0.2) is 0 Å². The lowest BCUT2D eigenvalue weighted by atomic mass is 9.92. The molecule has 0 unspecified atom stereocenters. The normalized spacial score (nSPS) is 15.2. The molecule has 0 bridgehead atoms. The van der Waals surface area contributed by atoms with Crippen LogP contribution in [0.5, 0.6) is 0 Å². The van der Waals surface area contributed by atoms with Crippen molar-refractivity contribution >= 4 is 23.3 Å². The Balaban J connectivity index is 1.44. The summed E-state index contributed by atoms with van der Waals surface area (Å²) in [6.45, 7) is 8.34. The first-order chi connectivity index (χ1) is 18.8. The third-order valence-electron chi connectivity index (χ3n) is 7.59. The van der Waals surface area contributed by atoms with E-state index in [0.717, 1.165) is 66.7 Å². The summed E-state index contributed by atoms with van der Waals surface area (Å²) in [5, 5.41) is 4.10. The van der Waals surface area contributed by atoms with Crippen LogP contribution in [0.1, 0.15) is 58.9 Å². The maximum Gasteiger partial charge on any atom is 0.341 e. The Labute approximate surface area is 233 Å². The summed E-state index contributed by atoms with van der Waals surface area (Å²) >= 11 is 1.63. The predicted octanol–water partition coefficient (Wildman–Crippen LogP) is 3.87. The third kappa shape index (κ3) is 6.78. The Bertz CT molecular complexity index is 1260. The Morgan fingerprint density at radius 1 is 1.26 bits per heavy atom. The number of thiophene rings is 1. The molecule has 0 aromatic carbocycles. The summed E-state index contributed by atoms with van der Waals surface area (Å²) in [7, 11) is 1.46. The number of primary amides is 1. The number of nitrogens with two attached hydrogens (primary N) is 1. The second kappa shape index (κ2) is 13.1. The number of rotatable bonds is 10. The molecule has 0 radical (unpaired) electrons. The van der Waals surface area contributed by atoms with Gasteiger partial charge in [-0.25, -0.2) is 20.2 Å². The van der Waals surface area contributed by atoms with Crippen LogP contribution in [0.4, 0.5) is 4.79 Å². The molecule has 1 atom stereocenters. The van der Waals surface area contributed by atoms with Gasteiger partial charge in [0.25, 0.3) is 5.91 Å². The van der Waals surface area contributed by atoms with E-state index >= 15 is 0 Å². The molecule has 3 aromatic heterocycles. The Morgan fingerprint density at radius 2 is 1.97 bits per heavy atom. The molecule has 3 amide bonds. The second-order valence-electron chi connectivity index (χ2n) is 10.0. The van der Waals surface area contributed by atoms with E-state index in [1.165, 1.54) is 13.4 Å². The van der Waals surface area contributed by atoms with Crippen molar-refractivity contribution in [3.63, 3.8) is 0 Å². The number of carbonyl (C=O) groups is 2. The number of nitrogens with one attached hydrogen (secondary N) is 1. The van der Waals surface area contributed by atoms with Crippen LogP contribution in [0.2, 0.25) is 0 Å². The number of aryl methyl sites for hydroxylation is 1. The van der Waals surface area contributed by atoms with Crippen molar-refractivity contribution in [1.82, 2.24) is 30.2 Å². The molecule has 0 aliphatic carbocycles. The topological polar surface area (TPSA) is 127 Å². The minimum Gasteiger partial charge on any atom is -0.366 e. The molecule has 1 saturated heterocycles. The summed E-state index contributed by atoms with van der Waals surface area (Å²) in [5.74, 6) is -0.464. The molecule has 0 spiro atoms. The van der Waals surface area contributed by atoms with E-state index in [1.807, 2.05) is 24.1 Å². The van der Waals surface area contributed by atoms with Gasteiger partial charge in [0.1, 0.15) is 6.33 Å². The van der Waals surface area contributed by atoms with Gasteiger partial charge in [-0.15, -0.1) is 0 Å². The highest BCUT2D eigenvalue weighted by molar-refractivity contribution is 7.07. The zero-order valence-corrected chi connectivity index (χ0v) is 23.8. The number of carbonyl (C=O) groups excluding carboxylic acids is 2. The predicted molar refractivity (Wildman–Crippen MR) is 151 cm³/mol. The fourth-order valence-corrected chi connectivity index (χ4v) is 6.15. The molecule has 39 heavy (non-hydrogen) atoms. The molecule has 4 heterocycles. The monoisotopic (exact) mass is 551 g/mol. The van der Waals surface area contributed by atoms with Crippen LogP contribution in [0.25, 0.3) is 11.3 Å². The van der Waals surface area contributed by atoms with Crippen LogP contribution < -0.4 is 11.2 Å².